The minimum Gasteiger partial charge on any atom is -0.493 e. The molecule has 0 bridgehead atoms. The quantitative estimate of drug-likeness (QED) is 0.521. The van der Waals surface area contributed by atoms with Crippen LogP contribution in [0.3, 0.4) is 0 Å². The van der Waals surface area contributed by atoms with E-state index in [2.05, 4.69) is 31.2 Å². The lowest BCUT2D eigenvalue weighted by Crippen LogP contribution is -2.23. The number of benzene rings is 1. The third kappa shape index (κ3) is 4.60. The zero-order valence-corrected chi connectivity index (χ0v) is 17.0. The Morgan fingerprint density at radius 3 is 2.68 bits per heavy atom. The van der Waals surface area contributed by atoms with Crippen LogP contribution in [0.2, 0.25) is 0 Å². The molecule has 2 rings (SSSR count). The summed E-state index contributed by atoms with van der Waals surface area (Å²) in [6, 6.07) is 3.63. The van der Waals surface area contributed by atoms with Crippen molar-refractivity contribution in [3.63, 3.8) is 0 Å². The molecule has 0 unspecified atom stereocenters. The molecular weight excluding hydrogens is 408 g/mol. The van der Waals surface area contributed by atoms with Gasteiger partial charge in [0, 0.05) is 0 Å². The van der Waals surface area contributed by atoms with Gasteiger partial charge in [-0.2, -0.15) is 9.78 Å². The van der Waals surface area contributed by atoms with Crippen LogP contribution in [0.5, 0.6) is 11.5 Å². The van der Waals surface area contributed by atoms with Crippen molar-refractivity contribution >= 4 is 33.9 Å². The van der Waals surface area contributed by atoms with Gasteiger partial charge in [0.15, 0.2) is 11.5 Å². The normalized spacial score (nSPS) is 11.3. The van der Waals surface area contributed by atoms with Crippen LogP contribution in [0, 0.1) is 6.92 Å². The summed E-state index contributed by atoms with van der Waals surface area (Å²) in [5, 5.41) is 12.5. The van der Waals surface area contributed by atoms with Crippen molar-refractivity contribution in [2.75, 3.05) is 13.4 Å². The van der Waals surface area contributed by atoms with E-state index in [0.717, 1.165) is 10.0 Å². The maximum absolute atomic E-state index is 12.2. The predicted molar refractivity (Wildman–Crippen MR) is 102 cm³/mol. The molecule has 1 aromatic heterocycles. The second-order valence-electron chi connectivity index (χ2n) is 5.33. The molecule has 1 heterocycles. The summed E-state index contributed by atoms with van der Waals surface area (Å²) >= 11 is 4.78. The Morgan fingerprint density at radius 1 is 1.36 bits per heavy atom. The number of aromatic nitrogens is 3. The van der Waals surface area contributed by atoms with Gasteiger partial charge in [0.2, 0.25) is 5.16 Å². The second-order valence-corrected chi connectivity index (χ2v) is 6.96. The Labute approximate surface area is 158 Å². The molecule has 0 saturated carbocycles. The standard InChI is InChI=1S/C16H19BrN4O3S/c1-9(2)24-14-12(17)6-11(7-13(14)23-4)8-18-21-15(22)10(3)19-20-16(21)25-5/h6-9H,1-5H3/b18-8-. The Kier molecular flexibility index (Phi) is 6.60. The number of hydrogen-bond donors (Lipinski definition) is 0. The summed E-state index contributed by atoms with van der Waals surface area (Å²) in [6.07, 6.45) is 3.38. The van der Waals surface area contributed by atoms with Crippen LogP contribution >= 0.6 is 27.7 Å². The van der Waals surface area contributed by atoms with Crippen molar-refractivity contribution in [1.82, 2.24) is 14.9 Å². The van der Waals surface area contributed by atoms with Gasteiger partial charge < -0.3 is 9.47 Å². The highest BCUT2D eigenvalue weighted by Crippen LogP contribution is 2.37. The Balaban J connectivity index is 2.45. The molecule has 25 heavy (non-hydrogen) atoms. The van der Waals surface area contributed by atoms with E-state index < -0.39 is 0 Å². The topological polar surface area (TPSA) is 78.6 Å². The first kappa shape index (κ1) is 19.5. The van der Waals surface area contributed by atoms with Gasteiger partial charge in [-0.15, -0.1) is 10.2 Å². The first-order valence-corrected chi connectivity index (χ1v) is 9.48. The van der Waals surface area contributed by atoms with Crippen LogP contribution < -0.4 is 15.0 Å². The first-order chi connectivity index (χ1) is 11.9. The molecule has 7 nitrogen and oxygen atoms in total. The molecule has 2 aromatic rings. The van der Waals surface area contributed by atoms with Crippen LogP contribution in [0.25, 0.3) is 0 Å². The molecule has 0 spiro atoms. The van der Waals surface area contributed by atoms with E-state index in [1.807, 2.05) is 26.2 Å². The van der Waals surface area contributed by atoms with Gasteiger partial charge in [-0.25, -0.2) is 0 Å². The van der Waals surface area contributed by atoms with Gasteiger partial charge in [-0.05, 0) is 60.7 Å². The molecule has 9 heteroatoms. The van der Waals surface area contributed by atoms with Crippen molar-refractivity contribution < 1.29 is 9.47 Å². The van der Waals surface area contributed by atoms with Crippen LogP contribution in [0.15, 0.2) is 31.7 Å². The fourth-order valence-corrected chi connectivity index (χ4v) is 2.94. The van der Waals surface area contributed by atoms with Crippen LogP contribution in [-0.4, -0.2) is 40.6 Å². The molecule has 0 atom stereocenters. The highest BCUT2D eigenvalue weighted by atomic mass is 79.9. The van der Waals surface area contributed by atoms with Crippen LogP contribution in [0.1, 0.15) is 25.1 Å². The molecule has 134 valence electrons. The number of thioether (sulfide) groups is 1. The zero-order chi connectivity index (χ0) is 18.6. The molecule has 1 aromatic carbocycles. The van der Waals surface area contributed by atoms with Gasteiger partial charge in [0.05, 0.1) is 23.9 Å². The lowest BCUT2D eigenvalue weighted by atomic mass is 10.2. The molecule has 0 amide bonds. The summed E-state index contributed by atoms with van der Waals surface area (Å²) in [5.74, 6) is 1.20. The Morgan fingerprint density at radius 2 is 2.08 bits per heavy atom. The van der Waals surface area contributed by atoms with E-state index in [-0.39, 0.29) is 17.4 Å². The highest BCUT2D eigenvalue weighted by molar-refractivity contribution is 9.10. The van der Waals surface area contributed by atoms with E-state index in [4.69, 9.17) is 9.47 Å². The third-order valence-corrected chi connectivity index (χ3v) is 4.29. The lowest BCUT2D eigenvalue weighted by Gasteiger charge is -2.15. The van der Waals surface area contributed by atoms with Crippen molar-refractivity contribution in [2.45, 2.75) is 32.0 Å². The maximum atomic E-state index is 12.2. The monoisotopic (exact) mass is 426 g/mol. The third-order valence-electron chi connectivity index (χ3n) is 3.08. The molecule has 0 N–H and O–H groups in total. The molecule has 0 saturated heterocycles. The number of methoxy groups -OCH3 is 1. The van der Waals surface area contributed by atoms with Crippen molar-refractivity contribution in [1.29, 1.82) is 0 Å². The second kappa shape index (κ2) is 8.48. The minimum atomic E-state index is -0.304. The SMILES string of the molecule is COc1cc(/C=N\n2c(SC)nnc(C)c2=O)cc(Br)c1OC(C)C. The van der Waals surface area contributed by atoms with E-state index in [1.165, 1.54) is 16.4 Å². The molecule has 0 fully saturated rings. The van der Waals surface area contributed by atoms with Crippen LogP contribution in [0.4, 0.5) is 0 Å². The van der Waals surface area contributed by atoms with Gasteiger partial charge in [-0.1, -0.05) is 11.8 Å². The maximum Gasteiger partial charge on any atom is 0.296 e. The summed E-state index contributed by atoms with van der Waals surface area (Å²) in [7, 11) is 1.57. The van der Waals surface area contributed by atoms with Crippen molar-refractivity contribution in [2.24, 2.45) is 5.10 Å². The number of rotatable bonds is 6. The van der Waals surface area contributed by atoms with E-state index in [1.54, 1.807) is 26.3 Å². The highest BCUT2D eigenvalue weighted by Gasteiger charge is 2.13. The number of halogens is 1. The molecule has 0 aliphatic carbocycles. The smallest absolute Gasteiger partial charge is 0.296 e. The Bertz CT molecular complexity index is 852. The fourth-order valence-electron chi connectivity index (χ4n) is 1.96. The number of ether oxygens (including phenoxy) is 2. The number of nitrogens with zero attached hydrogens (tertiary/aromatic N) is 4. The Hall–Kier alpha value is -1.87. The minimum absolute atomic E-state index is 0.0123. The fraction of sp³-hybridized carbons (Fsp3) is 0.375. The average molecular weight is 427 g/mol. The van der Waals surface area contributed by atoms with Gasteiger partial charge in [-0.3, -0.25) is 4.79 Å². The summed E-state index contributed by atoms with van der Waals surface area (Å²) < 4.78 is 13.1. The molecular formula is C16H19BrN4O3S. The largest absolute Gasteiger partial charge is 0.493 e. The van der Waals surface area contributed by atoms with E-state index >= 15 is 0 Å². The molecule has 0 aliphatic heterocycles. The van der Waals surface area contributed by atoms with Crippen molar-refractivity contribution in [3.05, 3.63) is 38.2 Å². The van der Waals surface area contributed by atoms with E-state index in [9.17, 15) is 4.79 Å². The summed E-state index contributed by atoms with van der Waals surface area (Å²) in [4.78, 5) is 12.2. The average Bonchev–Trinajstić information content (AvgIpc) is 2.57. The lowest BCUT2D eigenvalue weighted by molar-refractivity contribution is 0.228. The molecule has 0 radical (unpaired) electrons. The van der Waals surface area contributed by atoms with Gasteiger partial charge in [0.25, 0.3) is 5.56 Å². The van der Waals surface area contributed by atoms with Crippen LogP contribution in [-0.2, 0) is 0 Å². The van der Waals surface area contributed by atoms with Gasteiger partial charge in [0.1, 0.15) is 5.69 Å². The summed E-state index contributed by atoms with van der Waals surface area (Å²) in [6.45, 7) is 5.48. The van der Waals surface area contributed by atoms with E-state index in [0.29, 0.717) is 16.7 Å². The molecule has 0 aliphatic rings. The van der Waals surface area contributed by atoms with Gasteiger partial charge >= 0.3 is 0 Å². The summed E-state index contributed by atoms with van der Waals surface area (Å²) in [5.41, 5.74) is 0.726. The zero-order valence-electron chi connectivity index (χ0n) is 14.6. The number of hydrogen-bond acceptors (Lipinski definition) is 7. The first-order valence-electron chi connectivity index (χ1n) is 7.46. The van der Waals surface area contributed by atoms with Crippen molar-refractivity contribution in [3.8, 4) is 11.5 Å². The predicted octanol–water partition coefficient (Wildman–Crippen LogP) is 3.11. The number of aryl methyl sites for hydroxylation is 1.